The topological polar surface area (TPSA) is 28.2 Å². The summed E-state index contributed by atoms with van der Waals surface area (Å²) in [5.74, 6) is -1.15. The Kier molecular flexibility index (Phi) is 2.93. The van der Waals surface area contributed by atoms with Gasteiger partial charge in [0.25, 0.3) is 0 Å². The molecule has 1 aliphatic rings. The van der Waals surface area contributed by atoms with E-state index in [1.165, 1.54) is 0 Å². The normalized spacial score (nSPS) is 23.0. The minimum Gasteiger partial charge on any atom is -0.314 e. The van der Waals surface area contributed by atoms with Crippen molar-refractivity contribution in [2.45, 2.75) is 6.04 Å². The van der Waals surface area contributed by atoms with E-state index in [9.17, 15) is 8.78 Å². The predicted octanol–water partition coefficient (Wildman–Crippen LogP) is 0.936. The number of piperazine rings is 1. The van der Waals surface area contributed by atoms with E-state index in [4.69, 9.17) is 0 Å². The van der Waals surface area contributed by atoms with Crippen LogP contribution < -0.4 is 5.32 Å². The molecule has 0 radical (unpaired) electrons. The molecule has 0 aliphatic carbocycles. The van der Waals surface area contributed by atoms with E-state index in [2.05, 4.69) is 10.3 Å². The molecule has 82 valence electrons. The van der Waals surface area contributed by atoms with Gasteiger partial charge in [-0.15, -0.1) is 0 Å². The van der Waals surface area contributed by atoms with E-state index in [1.54, 1.807) is 0 Å². The molecular weight excluding hydrogens is 200 g/mol. The molecule has 1 atom stereocenters. The SMILES string of the molecule is CN1CCNCC1c1c(F)cncc1F. The van der Waals surface area contributed by atoms with Gasteiger partial charge < -0.3 is 5.32 Å². The number of aromatic nitrogens is 1. The van der Waals surface area contributed by atoms with Crippen molar-refractivity contribution >= 4 is 0 Å². The van der Waals surface area contributed by atoms with Crippen LogP contribution in [-0.4, -0.2) is 36.6 Å². The van der Waals surface area contributed by atoms with E-state index in [0.29, 0.717) is 6.54 Å². The molecule has 3 nitrogen and oxygen atoms in total. The first kappa shape index (κ1) is 10.4. The zero-order chi connectivity index (χ0) is 10.8. The van der Waals surface area contributed by atoms with Gasteiger partial charge in [0.2, 0.25) is 0 Å². The van der Waals surface area contributed by atoms with Crippen LogP contribution in [0.5, 0.6) is 0 Å². The Bertz CT molecular complexity index is 336. The van der Waals surface area contributed by atoms with Crippen LogP contribution in [0.25, 0.3) is 0 Å². The summed E-state index contributed by atoms with van der Waals surface area (Å²) in [6.07, 6.45) is 2.11. The number of hydrogen-bond donors (Lipinski definition) is 1. The summed E-state index contributed by atoms with van der Waals surface area (Å²) in [4.78, 5) is 5.42. The van der Waals surface area contributed by atoms with Crippen molar-refractivity contribution < 1.29 is 8.78 Å². The first-order valence-corrected chi connectivity index (χ1v) is 4.90. The lowest BCUT2D eigenvalue weighted by atomic mass is 10.0. The van der Waals surface area contributed by atoms with Crippen molar-refractivity contribution in [3.05, 3.63) is 29.6 Å². The first-order chi connectivity index (χ1) is 7.20. The van der Waals surface area contributed by atoms with Crippen LogP contribution in [0.2, 0.25) is 0 Å². The third-order valence-corrected chi connectivity index (χ3v) is 2.73. The van der Waals surface area contributed by atoms with E-state index in [-0.39, 0.29) is 11.6 Å². The zero-order valence-corrected chi connectivity index (χ0v) is 8.50. The van der Waals surface area contributed by atoms with Gasteiger partial charge >= 0.3 is 0 Å². The molecular formula is C10H13F2N3. The summed E-state index contributed by atoms with van der Waals surface area (Å²) < 4.78 is 26.9. The summed E-state index contributed by atoms with van der Waals surface area (Å²) in [5.41, 5.74) is 0.111. The lowest BCUT2D eigenvalue weighted by molar-refractivity contribution is 0.193. The molecule has 0 spiro atoms. The van der Waals surface area contributed by atoms with E-state index in [0.717, 1.165) is 25.5 Å². The molecule has 1 aromatic rings. The Morgan fingerprint density at radius 2 is 2.07 bits per heavy atom. The average molecular weight is 213 g/mol. The number of pyridine rings is 1. The van der Waals surface area contributed by atoms with Crippen molar-refractivity contribution in [3.8, 4) is 0 Å². The second kappa shape index (κ2) is 4.20. The van der Waals surface area contributed by atoms with Crippen LogP contribution in [0.3, 0.4) is 0 Å². The van der Waals surface area contributed by atoms with Crippen molar-refractivity contribution in [3.63, 3.8) is 0 Å². The molecule has 1 aromatic heterocycles. The highest BCUT2D eigenvalue weighted by molar-refractivity contribution is 5.20. The highest BCUT2D eigenvalue weighted by Gasteiger charge is 2.26. The van der Waals surface area contributed by atoms with Crippen molar-refractivity contribution in [2.24, 2.45) is 0 Å². The van der Waals surface area contributed by atoms with Crippen LogP contribution >= 0.6 is 0 Å². The molecule has 1 saturated heterocycles. The van der Waals surface area contributed by atoms with Crippen LogP contribution in [0, 0.1) is 11.6 Å². The Morgan fingerprint density at radius 3 is 2.67 bits per heavy atom. The van der Waals surface area contributed by atoms with Crippen LogP contribution in [0.1, 0.15) is 11.6 Å². The molecule has 15 heavy (non-hydrogen) atoms. The quantitative estimate of drug-likeness (QED) is 0.752. The average Bonchev–Trinajstić information content (AvgIpc) is 2.20. The van der Waals surface area contributed by atoms with E-state index < -0.39 is 11.6 Å². The monoisotopic (exact) mass is 213 g/mol. The van der Waals surface area contributed by atoms with E-state index >= 15 is 0 Å². The second-order valence-corrected chi connectivity index (χ2v) is 3.72. The molecule has 0 aromatic carbocycles. The van der Waals surface area contributed by atoms with Crippen LogP contribution in [0.4, 0.5) is 8.78 Å². The van der Waals surface area contributed by atoms with Crippen LogP contribution in [0.15, 0.2) is 12.4 Å². The number of nitrogens with one attached hydrogen (secondary N) is 1. The molecule has 1 fully saturated rings. The second-order valence-electron chi connectivity index (χ2n) is 3.72. The number of likely N-dealkylation sites (N-methyl/N-ethyl adjacent to an activating group) is 1. The number of hydrogen-bond acceptors (Lipinski definition) is 3. The fourth-order valence-electron chi connectivity index (χ4n) is 1.87. The highest BCUT2D eigenvalue weighted by atomic mass is 19.1. The molecule has 1 N–H and O–H groups in total. The maximum atomic E-state index is 13.5. The summed E-state index contributed by atoms with van der Waals surface area (Å²) >= 11 is 0. The predicted molar refractivity (Wildman–Crippen MR) is 52.4 cm³/mol. The maximum Gasteiger partial charge on any atom is 0.149 e. The summed E-state index contributed by atoms with van der Waals surface area (Å²) in [6.45, 7) is 2.20. The summed E-state index contributed by atoms with van der Waals surface area (Å²) in [7, 11) is 1.87. The van der Waals surface area contributed by atoms with Gasteiger partial charge in [0, 0.05) is 25.2 Å². The lowest BCUT2D eigenvalue weighted by Gasteiger charge is -2.33. The number of halogens is 2. The fourth-order valence-corrected chi connectivity index (χ4v) is 1.87. The zero-order valence-electron chi connectivity index (χ0n) is 8.50. The Balaban J connectivity index is 2.35. The molecule has 0 saturated carbocycles. The third-order valence-electron chi connectivity index (χ3n) is 2.73. The standard InChI is InChI=1S/C10H13F2N3/c1-15-3-2-13-6-9(15)10-7(11)4-14-5-8(10)12/h4-5,9,13H,2-3,6H2,1H3. The minimum absolute atomic E-state index is 0.111. The molecule has 1 aliphatic heterocycles. The molecule has 0 bridgehead atoms. The van der Waals surface area contributed by atoms with Gasteiger partial charge in [-0.3, -0.25) is 9.88 Å². The highest BCUT2D eigenvalue weighted by Crippen LogP contribution is 2.24. The molecule has 0 amide bonds. The van der Waals surface area contributed by atoms with Crippen molar-refractivity contribution in [2.75, 3.05) is 26.7 Å². The third kappa shape index (κ3) is 1.98. The number of nitrogens with zero attached hydrogens (tertiary/aromatic N) is 2. The van der Waals surface area contributed by atoms with Crippen molar-refractivity contribution in [1.82, 2.24) is 15.2 Å². The van der Waals surface area contributed by atoms with Gasteiger partial charge in [0.05, 0.1) is 18.4 Å². The Hall–Kier alpha value is -1.07. The summed E-state index contributed by atoms with van der Waals surface area (Å²) in [6, 6.07) is -0.248. The Labute approximate surface area is 87.1 Å². The first-order valence-electron chi connectivity index (χ1n) is 4.90. The molecule has 1 unspecified atom stereocenters. The number of rotatable bonds is 1. The smallest absolute Gasteiger partial charge is 0.149 e. The lowest BCUT2D eigenvalue weighted by Crippen LogP contribution is -2.44. The van der Waals surface area contributed by atoms with Gasteiger partial charge in [-0.2, -0.15) is 0 Å². The minimum atomic E-state index is -0.574. The maximum absolute atomic E-state index is 13.5. The largest absolute Gasteiger partial charge is 0.314 e. The van der Waals surface area contributed by atoms with E-state index in [1.807, 2.05) is 11.9 Å². The van der Waals surface area contributed by atoms with Crippen molar-refractivity contribution in [1.29, 1.82) is 0 Å². The molecule has 5 heteroatoms. The molecule has 2 heterocycles. The van der Waals surface area contributed by atoms with Gasteiger partial charge in [-0.25, -0.2) is 8.78 Å². The van der Waals surface area contributed by atoms with Gasteiger partial charge in [-0.05, 0) is 7.05 Å². The van der Waals surface area contributed by atoms with Gasteiger partial charge in [-0.1, -0.05) is 0 Å². The summed E-state index contributed by atoms with van der Waals surface area (Å²) in [5, 5.41) is 3.12. The van der Waals surface area contributed by atoms with Crippen LogP contribution in [-0.2, 0) is 0 Å². The van der Waals surface area contributed by atoms with Gasteiger partial charge in [0.1, 0.15) is 11.6 Å². The van der Waals surface area contributed by atoms with Gasteiger partial charge in [0.15, 0.2) is 0 Å². The fraction of sp³-hybridized carbons (Fsp3) is 0.500. The molecule has 2 rings (SSSR count). The Morgan fingerprint density at radius 1 is 1.40 bits per heavy atom.